The predicted molar refractivity (Wildman–Crippen MR) is 70.5 cm³/mol. The largest absolute Gasteiger partial charge is 0.317 e. The number of nitrogens with one attached hydrogen (secondary N) is 2. The highest BCUT2D eigenvalue weighted by atomic mass is 16.6. The van der Waals surface area contributed by atoms with Gasteiger partial charge in [0.05, 0.1) is 6.61 Å². The van der Waals surface area contributed by atoms with Crippen LogP contribution in [0.2, 0.25) is 0 Å². The molecular formula is C13H30N2O. The highest BCUT2D eigenvalue weighted by molar-refractivity contribution is 4.47. The van der Waals surface area contributed by atoms with Crippen LogP contribution in [0.3, 0.4) is 0 Å². The molecule has 0 aromatic heterocycles. The summed E-state index contributed by atoms with van der Waals surface area (Å²) in [6, 6.07) is 0. The standard InChI is InChI=1S/C13H30N2O/c1-3-5-7-12-15-16-13-9-8-11-14-10-6-4-2/h14-15H,3-13H2,1-2H3. The Hall–Kier alpha value is -0.120. The number of hydrogen-bond acceptors (Lipinski definition) is 3. The smallest absolute Gasteiger partial charge is 0.0682 e. The molecule has 0 bridgehead atoms. The van der Waals surface area contributed by atoms with Crippen LogP contribution in [-0.2, 0) is 4.84 Å². The molecule has 0 rings (SSSR count). The van der Waals surface area contributed by atoms with Gasteiger partial charge in [0, 0.05) is 6.54 Å². The van der Waals surface area contributed by atoms with Crippen molar-refractivity contribution in [3.63, 3.8) is 0 Å². The van der Waals surface area contributed by atoms with Crippen LogP contribution in [0.4, 0.5) is 0 Å². The molecule has 0 unspecified atom stereocenters. The van der Waals surface area contributed by atoms with Gasteiger partial charge in [0.25, 0.3) is 0 Å². The Bertz CT molecular complexity index is 107. The average Bonchev–Trinajstić information content (AvgIpc) is 2.31. The molecule has 0 saturated heterocycles. The molecule has 0 aliphatic heterocycles. The lowest BCUT2D eigenvalue weighted by Gasteiger charge is -2.06. The summed E-state index contributed by atoms with van der Waals surface area (Å²) < 4.78 is 0. The Labute approximate surface area is 101 Å². The Balaban J connectivity index is 2.83. The van der Waals surface area contributed by atoms with Crippen molar-refractivity contribution >= 4 is 0 Å². The van der Waals surface area contributed by atoms with Gasteiger partial charge in [0.2, 0.25) is 0 Å². The van der Waals surface area contributed by atoms with Gasteiger partial charge in [-0.2, -0.15) is 0 Å². The van der Waals surface area contributed by atoms with Crippen molar-refractivity contribution in [3.8, 4) is 0 Å². The lowest BCUT2D eigenvalue weighted by Crippen LogP contribution is -2.19. The van der Waals surface area contributed by atoms with Crippen LogP contribution in [0, 0.1) is 0 Å². The van der Waals surface area contributed by atoms with Crippen molar-refractivity contribution < 1.29 is 4.84 Å². The van der Waals surface area contributed by atoms with Gasteiger partial charge in [-0.1, -0.05) is 33.1 Å². The molecule has 0 amide bonds. The zero-order valence-corrected chi connectivity index (χ0v) is 11.2. The van der Waals surface area contributed by atoms with E-state index >= 15 is 0 Å². The summed E-state index contributed by atoms with van der Waals surface area (Å²) in [6.45, 7) is 8.54. The number of rotatable bonds is 13. The quantitative estimate of drug-likeness (QED) is 0.377. The molecule has 0 spiro atoms. The summed E-state index contributed by atoms with van der Waals surface area (Å²) in [6.07, 6.45) is 8.69. The molecule has 0 aliphatic rings. The monoisotopic (exact) mass is 230 g/mol. The second-order valence-corrected chi connectivity index (χ2v) is 4.26. The van der Waals surface area contributed by atoms with Crippen LogP contribution in [-0.4, -0.2) is 26.2 Å². The SMILES string of the molecule is CCCCCNOCCCCNCCCC. The van der Waals surface area contributed by atoms with E-state index in [2.05, 4.69) is 24.6 Å². The Kier molecular flexibility index (Phi) is 14.8. The van der Waals surface area contributed by atoms with Crippen LogP contribution >= 0.6 is 0 Å². The highest BCUT2D eigenvalue weighted by Crippen LogP contribution is 1.92. The molecule has 0 aromatic rings. The third-order valence-electron chi connectivity index (χ3n) is 2.54. The first kappa shape index (κ1) is 15.9. The second-order valence-electron chi connectivity index (χ2n) is 4.26. The fraction of sp³-hybridized carbons (Fsp3) is 1.00. The zero-order chi connectivity index (χ0) is 11.9. The van der Waals surface area contributed by atoms with Crippen molar-refractivity contribution in [2.75, 3.05) is 26.2 Å². The second kappa shape index (κ2) is 14.9. The molecule has 3 heteroatoms. The van der Waals surface area contributed by atoms with E-state index in [1.165, 1.54) is 38.5 Å². The van der Waals surface area contributed by atoms with Gasteiger partial charge in [-0.25, -0.2) is 5.48 Å². The van der Waals surface area contributed by atoms with E-state index in [1.807, 2.05) is 0 Å². The van der Waals surface area contributed by atoms with Crippen LogP contribution in [0.5, 0.6) is 0 Å². The molecule has 98 valence electrons. The van der Waals surface area contributed by atoms with Crippen molar-refractivity contribution in [3.05, 3.63) is 0 Å². The molecule has 0 atom stereocenters. The molecule has 0 radical (unpaired) electrons. The van der Waals surface area contributed by atoms with Crippen LogP contribution in [0.25, 0.3) is 0 Å². The summed E-state index contributed by atoms with van der Waals surface area (Å²) >= 11 is 0. The predicted octanol–water partition coefficient (Wildman–Crippen LogP) is 2.87. The summed E-state index contributed by atoms with van der Waals surface area (Å²) in [5.41, 5.74) is 3.01. The minimum absolute atomic E-state index is 0.835. The Morgan fingerprint density at radius 1 is 0.750 bits per heavy atom. The van der Waals surface area contributed by atoms with E-state index < -0.39 is 0 Å². The average molecular weight is 230 g/mol. The lowest BCUT2D eigenvalue weighted by molar-refractivity contribution is 0.0380. The first-order chi connectivity index (χ1) is 7.91. The number of hydroxylamine groups is 1. The minimum Gasteiger partial charge on any atom is -0.317 e. The van der Waals surface area contributed by atoms with Crippen LogP contribution in [0.15, 0.2) is 0 Å². The van der Waals surface area contributed by atoms with Gasteiger partial charge in [-0.15, -0.1) is 0 Å². The maximum absolute atomic E-state index is 5.33. The first-order valence-electron chi connectivity index (χ1n) is 6.97. The molecule has 16 heavy (non-hydrogen) atoms. The molecular weight excluding hydrogens is 200 g/mol. The Morgan fingerprint density at radius 3 is 2.19 bits per heavy atom. The Morgan fingerprint density at radius 2 is 1.44 bits per heavy atom. The fourth-order valence-corrected chi connectivity index (χ4v) is 1.44. The van der Waals surface area contributed by atoms with E-state index in [0.717, 1.165) is 32.7 Å². The van der Waals surface area contributed by atoms with E-state index in [9.17, 15) is 0 Å². The third kappa shape index (κ3) is 13.9. The molecule has 0 saturated carbocycles. The van der Waals surface area contributed by atoms with E-state index in [1.54, 1.807) is 0 Å². The van der Waals surface area contributed by atoms with E-state index in [0.29, 0.717) is 0 Å². The van der Waals surface area contributed by atoms with Crippen LogP contribution in [0.1, 0.15) is 58.8 Å². The summed E-state index contributed by atoms with van der Waals surface area (Å²) in [5, 5.41) is 3.43. The molecule has 3 nitrogen and oxygen atoms in total. The van der Waals surface area contributed by atoms with Gasteiger partial charge in [-0.05, 0) is 38.8 Å². The number of hydrogen-bond donors (Lipinski definition) is 2. The van der Waals surface area contributed by atoms with E-state index in [-0.39, 0.29) is 0 Å². The maximum atomic E-state index is 5.33. The van der Waals surface area contributed by atoms with Gasteiger partial charge >= 0.3 is 0 Å². The number of unbranched alkanes of at least 4 members (excludes halogenated alkanes) is 4. The highest BCUT2D eigenvalue weighted by Gasteiger charge is 1.90. The summed E-state index contributed by atoms with van der Waals surface area (Å²) in [5.74, 6) is 0. The molecule has 0 heterocycles. The summed E-state index contributed by atoms with van der Waals surface area (Å²) in [4.78, 5) is 5.33. The third-order valence-corrected chi connectivity index (χ3v) is 2.54. The van der Waals surface area contributed by atoms with Crippen molar-refractivity contribution in [1.82, 2.24) is 10.8 Å². The van der Waals surface area contributed by atoms with Gasteiger partial charge in [-0.3, -0.25) is 0 Å². The lowest BCUT2D eigenvalue weighted by atomic mass is 10.3. The topological polar surface area (TPSA) is 33.3 Å². The molecule has 0 aliphatic carbocycles. The van der Waals surface area contributed by atoms with Gasteiger partial charge in [0.15, 0.2) is 0 Å². The molecule has 0 fully saturated rings. The zero-order valence-electron chi connectivity index (χ0n) is 11.2. The molecule has 2 N–H and O–H groups in total. The van der Waals surface area contributed by atoms with Crippen LogP contribution < -0.4 is 10.8 Å². The maximum Gasteiger partial charge on any atom is 0.0682 e. The van der Waals surface area contributed by atoms with Crippen molar-refractivity contribution in [2.45, 2.75) is 58.8 Å². The van der Waals surface area contributed by atoms with E-state index in [4.69, 9.17) is 4.84 Å². The normalized spacial score (nSPS) is 10.9. The van der Waals surface area contributed by atoms with Crippen molar-refractivity contribution in [1.29, 1.82) is 0 Å². The van der Waals surface area contributed by atoms with Gasteiger partial charge < -0.3 is 10.2 Å². The minimum atomic E-state index is 0.835. The fourth-order valence-electron chi connectivity index (χ4n) is 1.44. The van der Waals surface area contributed by atoms with Gasteiger partial charge in [0.1, 0.15) is 0 Å². The van der Waals surface area contributed by atoms with Crippen molar-refractivity contribution in [2.24, 2.45) is 0 Å². The first-order valence-corrected chi connectivity index (χ1v) is 6.97. The summed E-state index contributed by atoms with van der Waals surface area (Å²) in [7, 11) is 0. The molecule has 0 aromatic carbocycles.